The van der Waals surface area contributed by atoms with Crippen molar-refractivity contribution in [2.24, 2.45) is 23.5 Å². The molecule has 1 aromatic rings. The number of ether oxygens (including phenoxy) is 2. The normalized spacial score (nSPS) is 33.5. The molecular formula is C20H28N2O3. The molecule has 2 heterocycles. The predicted molar refractivity (Wildman–Crippen MR) is 95.7 cm³/mol. The largest absolute Gasteiger partial charge is 0.493 e. The topological polar surface area (TPSA) is 64.8 Å². The minimum Gasteiger partial charge on any atom is -0.493 e. The van der Waals surface area contributed by atoms with Crippen molar-refractivity contribution < 1.29 is 14.3 Å². The molecule has 1 saturated carbocycles. The number of amides is 1. The first kappa shape index (κ1) is 16.7. The molecule has 1 saturated heterocycles. The molecule has 2 N–H and O–H groups in total. The van der Waals surface area contributed by atoms with Gasteiger partial charge in [0, 0.05) is 13.0 Å². The van der Waals surface area contributed by atoms with Crippen molar-refractivity contribution in [1.82, 2.24) is 4.90 Å². The van der Waals surface area contributed by atoms with E-state index in [1.54, 1.807) is 14.2 Å². The van der Waals surface area contributed by atoms with Gasteiger partial charge in [0.05, 0.1) is 19.8 Å². The van der Waals surface area contributed by atoms with E-state index in [-0.39, 0.29) is 11.4 Å². The number of fused-ring (bicyclic) bond motifs is 1. The molecule has 1 spiro atoms. The fraction of sp³-hybridized carbons (Fsp3) is 0.650. The van der Waals surface area contributed by atoms with E-state index in [0.29, 0.717) is 30.7 Å². The number of carbonyl (C=O) groups is 1. The van der Waals surface area contributed by atoms with Gasteiger partial charge in [0.15, 0.2) is 11.5 Å². The van der Waals surface area contributed by atoms with Crippen LogP contribution in [-0.2, 0) is 16.8 Å². The van der Waals surface area contributed by atoms with E-state index in [2.05, 4.69) is 24.0 Å². The third kappa shape index (κ3) is 2.14. The molecular weight excluding hydrogens is 316 g/mol. The Balaban J connectivity index is 1.94. The summed E-state index contributed by atoms with van der Waals surface area (Å²) in [4.78, 5) is 15.0. The zero-order valence-corrected chi connectivity index (χ0v) is 15.4. The van der Waals surface area contributed by atoms with Crippen LogP contribution in [0.3, 0.4) is 0 Å². The summed E-state index contributed by atoms with van der Waals surface area (Å²) in [6.45, 7) is 3.77. The maximum absolute atomic E-state index is 12.9. The van der Waals surface area contributed by atoms with Crippen LogP contribution in [0.2, 0.25) is 0 Å². The molecule has 4 rings (SSSR count). The number of rotatable bonds is 3. The molecule has 2 fully saturated rings. The molecule has 5 heteroatoms. The van der Waals surface area contributed by atoms with E-state index in [9.17, 15) is 4.79 Å². The standard InChI is InChI=1S/C20H28N2O3/c1-12-10-20-15-8-18(25-3)17(24-2)7-13(15)5-4-6-22(20)19(23)9-16(20)14(12)11-21/h7-8,12,14,16H,4-6,9-11,21H2,1-3H3/t12-,14+,16-,20-/m0/s1. The molecule has 4 atom stereocenters. The highest BCUT2D eigenvalue weighted by atomic mass is 16.5. The molecule has 5 nitrogen and oxygen atoms in total. The lowest BCUT2D eigenvalue weighted by molar-refractivity contribution is -0.131. The minimum atomic E-state index is -0.216. The maximum Gasteiger partial charge on any atom is 0.223 e. The molecule has 1 amide bonds. The summed E-state index contributed by atoms with van der Waals surface area (Å²) < 4.78 is 11.1. The Morgan fingerprint density at radius 2 is 2.00 bits per heavy atom. The van der Waals surface area contributed by atoms with E-state index in [4.69, 9.17) is 15.2 Å². The monoisotopic (exact) mass is 344 g/mol. The van der Waals surface area contributed by atoms with Gasteiger partial charge < -0.3 is 20.1 Å². The van der Waals surface area contributed by atoms with Gasteiger partial charge in [-0.2, -0.15) is 0 Å². The number of methoxy groups -OCH3 is 2. The van der Waals surface area contributed by atoms with Crippen LogP contribution in [-0.4, -0.2) is 38.1 Å². The minimum absolute atomic E-state index is 0.216. The second-order valence-corrected chi connectivity index (χ2v) is 7.83. The molecule has 25 heavy (non-hydrogen) atoms. The SMILES string of the molecule is COc1cc2c(cc1OC)[C@@]13C[C@H](C)[C@@H](CN)[C@@H]1CC(=O)N3CCC2. The first-order valence-electron chi connectivity index (χ1n) is 9.32. The second-order valence-electron chi connectivity index (χ2n) is 7.83. The number of benzene rings is 1. The highest BCUT2D eigenvalue weighted by molar-refractivity contribution is 5.82. The molecule has 2 aliphatic heterocycles. The second kappa shape index (κ2) is 5.90. The summed E-state index contributed by atoms with van der Waals surface area (Å²) in [6, 6.07) is 4.25. The average Bonchev–Trinajstić information content (AvgIpc) is 2.96. The summed E-state index contributed by atoms with van der Waals surface area (Å²) in [5.41, 5.74) is 8.48. The van der Waals surface area contributed by atoms with Gasteiger partial charge in [-0.05, 0) is 66.8 Å². The van der Waals surface area contributed by atoms with Crippen LogP contribution in [0.5, 0.6) is 11.5 Å². The average molecular weight is 344 g/mol. The zero-order chi connectivity index (χ0) is 17.8. The lowest BCUT2D eigenvalue weighted by Crippen LogP contribution is -2.45. The number of aryl methyl sites for hydroxylation is 1. The van der Waals surface area contributed by atoms with Crippen LogP contribution in [0.1, 0.15) is 37.3 Å². The number of hydrogen-bond donors (Lipinski definition) is 1. The molecule has 0 unspecified atom stereocenters. The van der Waals surface area contributed by atoms with Gasteiger partial charge >= 0.3 is 0 Å². The Hall–Kier alpha value is -1.75. The first-order valence-corrected chi connectivity index (χ1v) is 9.32. The smallest absolute Gasteiger partial charge is 0.223 e. The van der Waals surface area contributed by atoms with Crippen molar-refractivity contribution in [3.8, 4) is 11.5 Å². The fourth-order valence-electron chi connectivity index (χ4n) is 5.83. The summed E-state index contributed by atoms with van der Waals surface area (Å²) >= 11 is 0. The summed E-state index contributed by atoms with van der Waals surface area (Å²) in [6.07, 6.45) is 3.58. The van der Waals surface area contributed by atoms with E-state index in [1.165, 1.54) is 11.1 Å². The van der Waals surface area contributed by atoms with Gasteiger partial charge in [-0.25, -0.2) is 0 Å². The summed E-state index contributed by atoms with van der Waals surface area (Å²) in [5.74, 6) is 3.03. The van der Waals surface area contributed by atoms with Gasteiger partial charge in [-0.1, -0.05) is 6.92 Å². The molecule has 0 radical (unpaired) electrons. The Bertz CT molecular complexity index is 704. The van der Waals surface area contributed by atoms with Crippen molar-refractivity contribution in [2.75, 3.05) is 27.3 Å². The van der Waals surface area contributed by atoms with Crippen molar-refractivity contribution >= 4 is 5.91 Å². The highest BCUT2D eigenvalue weighted by Crippen LogP contribution is 2.60. The molecule has 136 valence electrons. The van der Waals surface area contributed by atoms with E-state index in [1.807, 2.05) is 0 Å². The van der Waals surface area contributed by atoms with Gasteiger partial charge in [0.1, 0.15) is 0 Å². The Morgan fingerprint density at radius 1 is 1.28 bits per heavy atom. The third-order valence-electron chi connectivity index (χ3n) is 6.85. The number of nitrogens with zero attached hydrogens (tertiary/aromatic N) is 1. The molecule has 1 aliphatic carbocycles. The van der Waals surface area contributed by atoms with Crippen LogP contribution < -0.4 is 15.2 Å². The van der Waals surface area contributed by atoms with E-state index in [0.717, 1.165) is 37.3 Å². The first-order chi connectivity index (χ1) is 12.1. The van der Waals surface area contributed by atoms with Gasteiger partial charge in [-0.3, -0.25) is 4.79 Å². The lowest BCUT2D eigenvalue weighted by Gasteiger charge is -2.40. The van der Waals surface area contributed by atoms with Gasteiger partial charge in [0.2, 0.25) is 5.91 Å². The summed E-state index contributed by atoms with van der Waals surface area (Å²) in [5, 5.41) is 0. The van der Waals surface area contributed by atoms with Crippen LogP contribution in [0.15, 0.2) is 12.1 Å². The van der Waals surface area contributed by atoms with Crippen LogP contribution >= 0.6 is 0 Å². The van der Waals surface area contributed by atoms with Gasteiger partial charge in [-0.15, -0.1) is 0 Å². The predicted octanol–water partition coefficient (Wildman–Crippen LogP) is 2.31. The Labute approximate surface area is 149 Å². The zero-order valence-electron chi connectivity index (χ0n) is 15.4. The van der Waals surface area contributed by atoms with Crippen molar-refractivity contribution in [3.63, 3.8) is 0 Å². The molecule has 0 bridgehead atoms. The molecule has 0 aromatic heterocycles. The highest BCUT2D eigenvalue weighted by Gasteiger charge is 2.62. The third-order valence-corrected chi connectivity index (χ3v) is 6.85. The number of nitrogens with two attached hydrogens (primary N) is 1. The Morgan fingerprint density at radius 3 is 2.68 bits per heavy atom. The quantitative estimate of drug-likeness (QED) is 0.914. The summed E-state index contributed by atoms with van der Waals surface area (Å²) in [7, 11) is 3.35. The van der Waals surface area contributed by atoms with Crippen molar-refractivity contribution in [2.45, 2.75) is 38.1 Å². The van der Waals surface area contributed by atoms with E-state index < -0.39 is 0 Å². The van der Waals surface area contributed by atoms with Crippen LogP contribution in [0.4, 0.5) is 0 Å². The maximum atomic E-state index is 12.9. The number of carbonyl (C=O) groups excluding carboxylic acids is 1. The fourth-order valence-corrected chi connectivity index (χ4v) is 5.83. The molecule has 1 aromatic carbocycles. The Kier molecular flexibility index (Phi) is 3.95. The number of hydrogen-bond acceptors (Lipinski definition) is 4. The van der Waals surface area contributed by atoms with Crippen LogP contribution in [0.25, 0.3) is 0 Å². The van der Waals surface area contributed by atoms with Crippen molar-refractivity contribution in [3.05, 3.63) is 23.3 Å². The van der Waals surface area contributed by atoms with Crippen molar-refractivity contribution in [1.29, 1.82) is 0 Å². The van der Waals surface area contributed by atoms with Gasteiger partial charge in [0.25, 0.3) is 0 Å². The lowest BCUT2D eigenvalue weighted by atomic mass is 9.76. The van der Waals surface area contributed by atoms with Crippen LogP contribution in [0, 0.1) is 17.8 Å². The van der Waals surface area contributed by atoms with E-state index >= 15 is 0 Å². The molecule has 3 aliphatic rings.